The van der Waals surface area contributed by atoms with Crippen LogP contribution in [0.1, 0.15) is 51.3 Å². The molecule has 0 aromatic heterocycles. The first kappa shape index (κ1) is 40.2. The molecule has 0 saturated heterocycles. The zero-order chi connectivity index (χ0) is 44.6. The van der Waals surface area contributed by atoms with Gasteiger partial charge in [0.05, 0.1) is 5.41 Å². The maximum Gasteiger partial charge on any atom is 0.131 e. The van der Waals surface area contributed by atoms with Crippen LogP contribution in [0.15, 0.2) is 266 Å². The number of hydrogen-bond acceptors (Lipinski definition) is 3. The Morgan fingerprint density at radius 2 is 0.776 bits per heavy atom. The van der Waals surface area contributed by atoms with Crippen molar-refractivity contribution in [2.45, 2.75) is 17.7 Å². The fourth-order valence-corrected chi connectivity index (χ4v) is 10.5. The van der Waals surface area contributed by atoms with Gasteiger partial charge in [-0.05, 0) is 119 Å². The van der Waals surface area contributed by atoms with E-state index in [0.29, 0.717) is 0 Å². The van der Waals surface area contributed by atoms with E-state index < -0.39 is 5.41 Å². The van der Waals surface area contributed by atoms with Gasteiger partial charge >= 0.3 is 0 Å². The van der Waals surface area contributed by atoms with Crippen molar-refractivity contribution < 1.29 is 0 Å². The molecule has 3 nitrogen and oxygen atoms in total. The molecule has 318 valence electrons. The van der Waals surface area contributed by atoms with Gasteiger partial charge in [0.1, 0.15) is 18.2 Å². The van der Waals surface area contributed by atoms with Gasteiger partial charge in [0.15, 0.2) is 0 Å². The lowest BCUT2D eigenvalue weighted by Crippen LogP contribution is -2.45. The van der Waals surface area contributed by atoms with Gasteiger partial charge in [0, 0.05) is 5.56 Å². The minimum atomic E-state index is -0.456. The summed E-state index contributed by atoms with van der Waals surface area (Å²) >= 11 is 0. The molecule has 0 bridgehead atoms. The number of rotatable bonds is 9. The number of amidine groups is 1. The van der Waals surface area contributed by atoms with Crippen LogP contribution < -0.4 is 10.6 Å². The molecule has 1 aliphatic heterocycles. The van der Waals surface area contributed by atoms with Crippen LogP contribution in [0.5, 0.6) is 0 Å². The van der Waals surface area contributed by atoms with Gasteiger partial charge < -0.3 is 5.32 Å². The van der Waals surface area contributed by atoms with Crippen molar-refractivity contribution in [3.05, 3.63) is 300 Å². The quantitative estimate of drug-likeness (QED) is 0.152. The average molecular weight is 858 g/mol. The molecule has 10 aromatic carbocycles. The van der Waals surface area contributed by atoms with Crippen LogP contribution in [0, 0.1) is 0 Å². The Morgan fingerprint density at radius 1 is 0.328 bits per heavy atom. The van der Waals surface area contributed by atoms with E-state index in [0.717, 1.165) is 44.8 Å². The third kappa shape index (κ3) is 7.27. The van der Waals surface area contributed by atoms with Gasteiger partial charge in [0.25, 0.3) is 0 Å². The molecule has 10 aromatic rings. The molecule has 2 atom stereocenters. The summed E-state index contributed by atoms with van der Waals surface area (Å²) in [5, 5.41) is 7.74. The molecule has 3 heteroatoms. The predicted octanol–water partition coefficient (Wildman–Crippen LogP) is 15.1. The molecule has 0 radical (unpaired) electrons. The van der Waals surface area contributed by atoms with E-state index in [-0.39, 0.29) is 12.3 Å². The van der Waals surface area contributed by atoms with Crippen LogP contribution in [0.25, 0.3) is 55.6 Å². The number of nitrogens with one attached hydrogen (secondary N) is 2. The zero-order valence-corrected chi connectivity index (χ0v) is 36.9. The molecule has 1 unspecified atom stereocenters. The second-order valence-electron chi connectivity index (χ2n) is 17.5. The summed E-state index contributed by atoms with van der Waals surface area (Å²) in [4.78, 5) is 5.38. The topological polar surface area (TPSA) is 36.4 Å². The summed E-state index contributed by atoms with van der Waals surface area (Å²) in [6.07, 6.45) is -0.541. The summed E-state index contributed by atoms with van der Waals surface area (Å²) in [7, 11) is 0. The molecule has 1 aliphatic carbocycles. The van der Waals surface area contributed by atoms with E-state index >= 15 is 0 Å². The number of nitrogens with zero attached hydrogens (tertiary/aromatic N) is 1. The average Bonchev–Trinajstić information content (AvgIpc) is 3.73. The third-order valence-electron chi connectivity index (χ3n) is 13.6. The summed E-state index contributed by atoms with van der Waals surface area (Å²) in [5.41, 5.74) is 19.9. The van der Waals surface area contributed by atoms with Crippen LogP contribution in [0.3, 0.4) is 0 Å². The molecule has 67 heavy (non-hydrogen) atoms. The van der Waals surface area contributed by atoms with Crippen LogP contribution in [-0.4, -0.2) is 5.84 Å². The molecule has 2 aliphatic rings. The maximum absolute atomic E-state index is 5.38. The lowest BCUT2D eigenvalue weighted by molar-refractivity contribution is 0.409. The highest BCUT2D eigenvalue weighted by Gasteiger charge is 2.46. The first-order valence-corrected chi connectivity index (χ1v) is 23.2. The van der Waals surface area contributed by atoms with E-state index in [1.54, 1.807) is 0 Å². The third-order valence-corrected chi connectivity index (χ3v) is 13.6. The molecule has 0 spiro atoms. The van der Waals surface area contributed by atoms with E-state index in [2.05, 4.69) is 271 Å². The van der Waals surface area contributed by atoms with Crippen LogP contribution in [-0.2, 0) is 5.41 Å². The number of aliphatic imine (C=N–C) groups is 1. The fourth-order valence-electron chi connectivity index (χ4n) is 10.5. The highest BCUT2D eigenvalue weighted by atomic mass is 15.3. The van der Waals surface area contributed by atoms with Crippen molar-refractivity contribution in [3.8, 4) is 55.6 Å². The Hall–Kier alpha value is -8.37. The minimum Gasteiger partial charge on any atom is -0.350 e. The fraction of sp³-hybridized carbons (Fsp3) is 0.0469. The van der Waals surface area contributed by atoms with Crippen LogP contribution in [0.2, 0.25) is 0 Å². The lowest BCUT2D eigenvalue weighted by atomic mass is 9.67. The second kappa shape index (κ2) is 17.2. The Labute approximate surface area is 392 Å². The summed E-state index contributed by atoms with van der Waals surface area (Å²) in [5.74, 6) is 0.855. The van der Waals surface area contributed by atoms with Gasteiger partial charge in [-0.25, -0.2) is 4.99 Å². The molecule has 2 N–H and O–H groups in total. The van der Waals surface area contributed by atoms with Crippen LogP contribution in [0.4, 0.5) is 0 Å². The predicted molar refractivity (Wildman–Crippen MR) is 277 cm³/mol. The number of fused-ring (bicyclic) bond motifs is 3. The van der Waals surface area contributed by atoms with Gasteiger partial charge in [-0.3, -0.25) is 5.32 Å². The summed E-state index contributed by atoms with van der Waals surface area (Å²) < 4.78 is 0. The smallest absolute Gasteiger partial charge is 0.131 e. The number of benzene rings is 10. The highest BCUT2D eigenvalue weighted by Crippen LogP contribution is 2.58. The largest absolute Gasteiger partial charge is 0.350 e. The van der Waals surface area contributed by atoms with Crippen molar-refractivity contribution in [3.63, 3.8) is 0 Å². The molecule has 0 amide bonds. The van der Waals surface area contributed by atoms with Gasteiger partial charge in [-0.1, -0.05) is 231 Å². The standard InChI is InChI=1S/C64H47N3/c1-6-21-44(22-7-1)51-41-52(45-23-8-2-9-24-45)43-53(42-51)63-66-61(46-25-10-3-11-26-46)65-62(67-63)50-30-19-28-48(40-50)47-27-18-29-49(39-47)56-36-20-38-59-60(56)57-35-16-17-37-58(57)64(59,54-31-12-4-13-32-54)55-33-14-5-15-34-55/h1-43,62-63,67H,(H,65,66)/t62?,63-/m1/s1. The normalized spacial score (nSPS) is 15.7. The minimum absolute atomic E-state index is 0.223. The molecule has 12 rings (SSSR count). The summed E-state index contributed by atoms with van der Waals surface area (Å²) in [6, 6.07) is 94.6. The Kier molecular flexibility index (Phi) is 10.3. The molecular formula is C64H47N3. The molecule has 0 saturated carbocycles. The first-order chi connectivity index (χ1) is 33.2. The van der Waals surface area contributed by atoms with E-state index in [9.17, 15) is 0 Å². The Morgan fingerprint density at radius 3 is 1.42 bits per heavy atom. The molecular weight excluding hydrogens is 811 g/mol. The van der Waals surface area contributed by atoms with Crippen molar-refractivity contribution in [1.29, 1.82) is 0 Å². The van der Waals surface area contributed by atoms with Crippen molar-refractivity contribution in [1.82, 2.24) is 10.6 Å². The van der Waals surface area contributed by atoms with Crippen molar-refractivity contribution >= 4 is 5.84 Å². The Balaban J connectivity index is 0.939. The molecule has 1 heterocycles. The zero-order valence-electron chi connectivity index (χ0n) is 36.9. The van der Waals surface area contributed by atoms with Gasteiger partial charge in [-0.15, -0.1) is 0 Å². The van der Waals surface area contributed by atoms with Gasteiger partial charge in [-0.2, -0.15) is 0 Å². The SMILES string of the molecule is c1ccc(C2=N[C@@H](c3cc(-c4ccccc4)cc(-c4ccccc4)c3)NC(c3cccc(-c4cccc(-c5cccc6c5-c5ccccc5C6(c5ccccc5)c5ccccc5)c4)c3)N2)cc1. The van der Waals surface area contributed by atoms with Crippen LogP contribution >= 0.6 is 0 Å². The highest BCUT2D eigenvalue weighted by molar-refractivity contribution is 6.00. The van der Waals surface area contributed by atoms with E-state index in [1.165, 1.54) is 55.6 Å². The first-order valence-electron chi connectivity index (χ1n) is 23.2. The van der Waals surface area contributed by atoms with Crippen molar-refractivity contribution in [2.24, 2.45) is 4.99 Å². The van der Waals surface area contributed by atoms with Gasteiger partial charge in [0.2, 0.25) is 0 Å². The van der Waals surface area contributed by atoms with E-state index in [1.807, 2.05) is 0 Å². The number of hydrogen-bond donors (Lipinski definition) is 2. The maximum atomic E-state index is 5.38. The Bertz CT molecular complexity index is 3300. The lowest BCUT2D eigenvalue weighted by Gasteiger charge is -2.34. The van der Waals surface area contributed by atoms with Crippen molar-refractivity contribution in [2.75, 3.05) is 0 Å². The molecule has 0 fully saturated rings. The summed E-state index contributed by atoms with van der Waals surface area (Å²) in [6.45, 7) is 0. The second-order valence-corrected chi connectivity index (χ2v) is 17.5. The monoisotopic (exact) mass is 857 g/mol. The van der Waals surface area contributed by atoms with E-state index in [4.69, 9.17) is 4.99 Å².